The zero-order valence-electron chi connectivity index (χ0n) is 12.3. The van der Waals surface area contributed by atoms with Crippen LogP contribution in [0.2, 0.25) is 0 Å². The SMILES string of the molecule is CCC(N)c1cc(F)c2c(c1)C(NC(=O)COC)CCO2. The largest absolute Gasteiger partial charge is 0.490 e. The Labute approximate surface area is 123 Å². The summed E-state index contributed by atoms with van der Waals surface area (Å²) >= 11 is 0. The number of carbonyl (C=O) groups is 1. The van der Waals surface area contributed by atoms with Crippen LogP contribution in [0.25, 0.3) is 0 Å². The second kappa shape index (κ2) is 6.87. The fourth-order valence-electron chi connectivity index (χ4n) is 2.45. The van der Waals surface area contributed by atoms with Gasteiger partial charge in [-0.25, -0.2) is 4.39 Å². The maximum atomic E-state index is 14.2. The number of amides is 1. The molecule has 0 saturated heterocycles. The number of nitrogens with one attached hydrogen (secondary N) is 1. The summed E-state index contributed by atoms with van der Waals surface area (Å²) in [5.74, 6) is -0.464. The lowest BCUT2D eigenvalue weighted by Gasteiger charge is -2.28. The molecule has 21 heavy (non-hydrogen) atoms. The molecule has 2 unspecified atom stereocenters. The highest BCUT2D eigenvalue weighted by atomic mass is 19.1. The number of benzene rings is 1. The average molecular weight is 296 g/mol. The fourth-order valence-corrected chi connectivity index (χ4v) is 2.45. The Morgan fingerprint density at radius 2 is 2.38 bits per heavy atom. The van der Waals surface area contributed by atoms with E-state index in [1.807, 2.05) is 13.0 Å². The van der Waals surface area contributed by atoms with E-state index in [0.717, 1.165) is 0 Å². The molecular weight excluding hydrogens is 275 g/mol. The van der Waals surface area contributed by atoms with Crippen LogP contribution in [0.3, 0.4) is 0 Å². The molecule has 1 amide bonds. The lowest BCUT2D eigenvalue weighted by molar-refractivity contribution is -0.125. The summed E-state index contributed by atoms with van der Waals surface area (Å²) in [5, 5.41) is 2.84. The molecule has 1 aliphatic heterocycles. The number of rotatable bonds is 5. The minimum Gasteiger partial charge on any atom is -0.490 e. The number of methoxy groups -OCH3 is 1. The summed E-state index contributed by atoms with van der Waals surface area (Å²) in [7, 11) is 1.45. The highest BCUT2D eigenvalue weighted by Crippen LogP contribution is 2.36. The zero-order valence-corrected chi connectivity index (χ0v) is 12.3. The number of carbonyl (C=O) groups excluding carboxylic acids is 1. The molecule has 3 N–H and O–H groups in total. The third-order valence-corrected chi connectivity index (χ3v) is 3.60. The third-order valence-electron chi connectivity index (χ3n) is 3.60. The van der Waals surface area contributed by atoms with Crippen LogP contribution in [0.5, 0.6) is 5.75 Å². The average Bonchev–Trinajstić information content (AvgIpc) is 2.47. The second-order valence-electron chi connectivity index (χ2n) is 5.13. The van der Waals surface area contributed by atoms with Gasteiger partial charge in [-0.15, -0.1) is 0 Å². The Hall–Kier alpha value is -1.66. The van der Waals surface area contributed by atoms with Gasteiger partial charge in [0.2, 0.25) is 5.91 Å². The van der Waals surface area contributed by atoms with Crippen molar-refractivity contribution in [1.82, 2.24) is 5.32 Å². The van der Waals surface area contributed by atoms with E-state index < -0.39 is 5.82 Å². The molecule has 1 aromatic rings. The van der Waals surface area contributed by atoms with E-state index in [1.54, 1.807) is 0 Å². The maximum absolute atomic E-state index is 14.2. The normalized spacial score (nSPS) is 18.6. The molecule has 1 aromatic carbocycles. The molecule has 0 bridgehead atoms. The standard InChI is InChI=1S/C15H21FN2O3/c1-3-12(17)9-6-10-13(18-14(19)8-20-2)4-5-21-15(10)11(16)7-9/h6-7,12-13H,3-5,8,17H2,1-2H3,(H,18,19). The lowest BCUT2D eigenvalue weighted by Crippen LogP contribution is -2.34. The van der Waals surface area contributed by atoms with Gasteiger partial charge in [-0.05, 0) is 24.1 Å². The molecule has 1 heterocycles. The Morgan fingerprint density at radius 3 is 3.05 bits per heavy atom. The van der Waals surface area contributed by atoms with Crippen molar-refractivity contribution in [3.63, 3.8) is 0 Å². The van der Waals surface area contributed by atoms with Crippen molar-refractivity contribution in [2.75, 3.05) is 20.3 Å². The Morgan fingerprint density at radius 1 is 1.62 bits per heavy atom. The number of halogens is 1. The summed E-state index contributed by atoms with van der Waals surface area (Å²) < 4.78 is 24.4. The zero-order chi connectivity index (χ0) is 15.4. The summed E-state index contributed by atoms with van der Waals surface area (Å²) in [6, 6.07) is 2.72. The lowest BCUT2D eigenvalue weighted by atomic mass is 9.94. The van der Waals surface area contributed by atoms with Crippen molar-refractivity contribution in [3.8, 4) is 5.75 Å². The van der Waals surface area contributed by atoms with Gasteiger partial charge in [0.05, 0.1) is 12.6 Å². The van der Waals surface area contributed by atoms with Gasteiger partial charge in [0.15, 0.2) is 11.6 Å². The number of fused-ring (bicyclic) bond motifs is 1. The van der Waals surface area contributed by atoms with Crippen LogP contribution in [0.15, 0.2) is 12.1 Å². The van der Waals surface area contributed by atoms with Crippen LogP contribution in [0.4, 0.5) is 4.39 Å². The van der Waals surface area contributed by atoms with Gasteiger partial charge in [-0.1, -0.05) is 6.92 Å². The van der Waals surface area contributed by atoms with E-state index in [1.165, 1.54) is 13.2 Å². The summed E-state index contributed by atoms with van der Waals surface area (Å²) in [5.41, 5.74) is 7.33. The minimum atomic E-state index is -0.433. The first-order valence-corrected chi connectivity index (χ1v) is 7.06. The van der Waals surface area contributed by atoms with E-state index in [2.05, 4.69) is 5.32 Å². The Kier molecular flexibility index (Phi) is 5.14. The Bertz CT molecular complexity index is 522. The van der Waals surface area contributed by atoms with Crippen molar-refractivity contribution < 1.29 is 18.7 Å². The minimum absolute atomic E-state index is 0.0245. The molecule has 2 atom stereocenters. The van der Waals surface area contributed by atoms with Gasteiger partial charge in [0.25, 0.3) is 0 Å². The molecule has 2 rings (SSSR count). The van der Waals surface area contributed by atoms with Gasteiger partial charge >= 0.3 is 0 Å². The van der Waals surface area contributed by atoms with Crippen LogP contribution in [-0.2, 0) is 9.53 Å². The third kappa shape index (κ3) is 3.51. The quantitative estimate of drug-likeness (QED) is 0.869. The first kappa shape index (κ1) is 15.7. The summed E-state index contributed by atoms with van der Waals surface area (Å²) in [6.07, 6.45) is 1.30. The summed E-state index contributed by atoms with van der Waals surface area (Å²) in [4.78, 5) is 11.7. The highest BCUT2D eigenvalue weighted by molar-refractivity contribution is 5.77. The van der Waals surface area contributed by atoms with Crippen LogP contribution < -0.4 is 15.8 Å². The molecule has 5 nitrogen and oxygen atoms in total. The fraction of sp³-hybridized carbons (Fsp3) is 0.533. The topological polar surface area (TPSA) is 73.6 Å². The predicted molar refractivity (Wildman–Crippen MR) is 76.5 cm³/mol. The smallest absolute Gasteiger partial charge is 0.246 e. The number of hydrogen-bond donors (Lipinski definition) is 2. The van der Waals surface area contributed by atoms with Gasteiger partial charge in [0.1, 0.15) is 6.61 Å². The molecule has 0 radical (unpaired) electrons. The van der Waals surface area contributed by atoms with E-state index in [4.69, 9.17) is 15.2 Å². The van der Waals surface area contributed by atoms with Gasteiger partial charge in [-0.2, -0.15) is 0 Å². The van der Waals surface area contributed by atoms with Crippen LogP contribution in [-0.4, -0.2) is 26.2 Å². The maximum Gasteiger partial charge on any atom is 0.246 e. The molecule has 0 saturated carbocycles. The number of hydrogen-bond acceptors (Lipinski definition) is 4. The molecule has 116 valence electrons. The first-order chi connectivity index (χ1) is 10.1. The van der Waals surface area contributed by atoms with E-state index in [9.17, 15) is 9.18 Å². The summed E-state index contributed by atoms with van der Waals surface area (Å²) in [6.45, 7) is 2.28. The molecule has 1 aliphatic rings. The molecular formula is C15H21FN2O3. The first-order valence-electron chi connectivity index (χ1n) is 7.06. The van der Waals surface area contributed by atoms with Crippen LogP contribution in [0.1, 0.15) is 43.0 Å². The van der Waals surface area contributed by atoms with Gasteiger partial charge < -0.3 is 20.5 Å². The monoisotopic (exact) mass is 296 g/mol. The molecule has 0 spiro atoms. The number of nitrogens with two attached hydrogens (primary N) is 1. The molecule has 0 aliphatic carbocycles. The van der Waals surface area contributed by atoms with E-state index in [-0.39, 0.29) is 30.3 Å². The Balaban J connectivity index is 2.31. The van der Waals surface area contributed by atoms with Crippen molar-refractivity contribution in [2.24, 2.45) is 5.73 Å². The van der Waals surface area contributed by atoms with Crippen molar-refractivity contribution >= 4 is 5.91 Å². The molecule has 0 aromatic heterocycles. The predicted octanol–water partition coefficient (Wildman–Crippen LogP) is 1.82. The van der Waals surface area contributed by atoms with Crippen molar-refractivity contribution in [3.05, 3.63) is 29.1 Å². The van der Waals surface area contributed by atoms with Crippen molar-refractivity contribution in [2.45, 2.75) is 31.8 Å². The van der Waals surface area contributed by atoms with Gasteiger partial charge in [0, 0.05) is 25.1 Å². The van der Waals surface area contributed by atoms with Gasteiger partial charge in [-0.3, -0.25) is 4.79 Å². The number of ether oxygens (including phenoxy) is 2. The van der Waals surface area contributed by atoms with Crippen molar-refractivity contribution in [1.29, 1.82) is 0 Å². The molecule has 0 fully saturated rings. The molecule has 6 heteroatoms. The van der Waals surface area contributed by atoms with Crippen LogP contribution >= 0.6 is 0 Å². The second-order valence-corrected chi connectivity index (χ2v) is 5.13. The van der Waals surface area contributed by atoms with E-state index >= 15 is 0 Å². The van der Waals surface area contributed by atoms with Crippen LogP contribution in [0, 0.1) is 5.82 Å². The highest BCUT2D eigenvalue weighted by Gasteiger charge is 2.27. The van der Waals surface area contributed by atoms with E-state index in [0.29, 0.717) is 30.6 Å².